The van der Waals surface area contributed by atoms with Crippen LogP contribution in [-0.4, -0.2) is 89.5 Å². The number of rotatable bonds is 11. The number of piperazine rings is 1. The van der Waals surface area contributed by atoms with Crippen LogP contribution in [0.25, 0.3) is 0 Å². The number of amides is 1. The quantitative estimate of drug-likeness (QED) is 0.325. The number of hydrogen-bond donors (Lipinski definition) is 0. The molecule has 220 valence electrons. The van der Waals surface area contributed by atoms with E-state index in [1.54, 1.807) is 38.8 Å². The molecule has 41 heavy (non-hydrogen) atoms. The number of thiophene rings is 1. The Kier molecular flexibility index (Phi) is 8.88. The molecule has 0 unspecified atom stereocenters. The summed E-state index contributed by atoms with van der Waals surface area (Å²) in [5, 5.41) is 1.76. The zero-order chi connectivity index (χ0) is 29.1. The fourth-order valence-corrected chi connectivity index (χ4v) is 8.10. The van der Waals surface area contributed by atoms with Gasteiger partial charge in [-0.25, -0.2) is 12.7 Å². The fraction of sp³-hybridized carbons (Fsp3) is 0.433. The molecule has 11 heteroatoms. The minimum Gasteiger partial charge on any atom is -0.493 e. The number of nitrogens with zero attached hydrogens (tertiary/aromatic N) is 4. The predicted octanol–water partition coefficient (Wildman–Crippen LogP) is 4.32. The molecule has 1 atom stereocenters. The lowest BCUT2D eigenvalue weighted by Crippen LogP contribution is -2.44. The number of ether oxygens (including phenoxy) is 2. The normalized spacial score (nSPS) is 16.8. The highest BCUT2D eigenvalue weighted by molar-refractivity contribution is 7.91. The molecule has 0 radical (unpaired) electrons. The second kappa shape index (κ2) is 12.4. The maximum atomic E-state index is 13.9. The lowest BCUT2D eigenvalue weighted by Gasteiger charge is -2.35. The van der Waals surface area contributed by atoms with E-state index in [9.17, 15) is 13.2 Å². The largest absolute Gasteiger partial charge is 0.493 e. The number of likely N-dealkylation sites (N-methyl/N-ethyl adjacent to an activating group) is 1. The molecule has 0 spiro atoms. The zero-order valence-electron chi connectivity index (χ0n) is 24.1. The van der Waals surface area contributed by atoms with Gasteiger partial charge in [0.15, 0.2) is 11.5 Å². The summed E-state index contributed by atoms with van der Waals surface area (Å²) in [6, 6.07) is 14.9. The Hall–Kier alpha value is -3.12. The highest BCUT2D eigenvalue weighted by atomic mass is 32.2. The van der Waals surface area contributed by atoms with Crippen LogP contribution in [0, 0.1) is 0 Å². The van der Waals surface area contributed by atoms with Crippen LogP contribution in [0.15, 0.2) is 58.1 Å². The first-order valence-electron chi connectivity index (χ1n) is 13.8. The molecule has 5 rings (SSSR count). The van der Waals surface area contributed by atoms with Crippen LogP contribution < -0.4 is 14.4 Å². The number of carbonyl (C=O) groups is 1. The molecule has 1 amide bonds. The van der Waals surface area contributed by atoms with Gasteiger partial charge in [0.05, 0.1) is 20.3 Å². The summed E-state index contributed by atoms with van der Waals surface area (Å²) in [5.74, 6) is 1.20. The van der Waals surface area contributed by atoms with E-state index < -0.39 is 10.0 Å². The number of methoxy groups -OCH3 is 2. The molecule has 9 nitrogen and oxygen atoms in total. The zero-order valence-corrected chi connectivity index (χ0v) is 25.7. The van der Waals surface area contributed by atoms with Crippen LogP contribution in [0.2, 0.25) is 0 Å². The highest BCUT2D eigenvalue weighted by Crippen LogP contribution is 2.40. The summed E-state index contributed by atoms with van der Waals surface area (Å²) in [7, 11) is 3.39. The Morgan fingerprint density at radius 1 is 1.00 bits per heavy atom. The Morgan fingerprint density at radius 3 is 2.44 bits per heavy atom. The second-order valence-electron chi connectivity index (χ2n) is 10.6. The smallest absolute Gasteiger partial charge is 0.255 e. The molecule has 3 heterocycles. The summed E-state index contributed by atoms with van der Waals surface area (Å²) in [6.45, 7) is 4.65. The van der Waals surface area contributed by atoms with E-state index in [0.717, 1.165) is 48.6 Å². The van der Waals surface area contributed by atoms with Crippen molar-refractivity contribution >= 4 is 33.0 Å². The molecule has 3 aromatic rings. The van der Waals surface area contributed by atoms with Gasteiger partial charge in [-0.15, -0.1) is 11.3 Å². The highest BCUT2D eigenvalue weighted by Gasteiger charge is 2.36. The monoisotopic (exact) mass is 598 g/mol. The molecule has 0 N–H and O–H groups in total. The van der Waals surface area contributed by atoms with E-state index in [1.165, 1.54) is 15.6 Å². The maximum Gasteiger partial charge on any atom is 0.255 e. The van der Waals surface area contributed by atoms with E-state index in [2.05, 4.69) is 22.9 Å². The summed E-state index contributed by atoms with van der Waals surface area (Å²) < 4.78 is 38.8. The van der Waals surface area contributed by atoms with Crippen LogP contribution >= 0.6 is 11.3 Å². The van der Waals surface area contributed by atoms with Gasteiger partial charge in [-0.2, -0.15) is 0 Å². The van der Waals surface area contributed by atoms with Crippen molar-refractivity contribution in [2.75, 3.05) is 65.9 Å². The minimum atomic E-state index is -3.55. The van der Waals surface area contributed by atoms with Crippen molar-refractivity contribution in [1.82, 2.24) is 14.1 Å². The molecular formula is C30H38N4O5S2. The molecule has 1 aromatic heterocycles. The van der Waals surface area contributed by atoms with Crippen molar-refractivity contribution < 1.29 is 22.7 Å². The number of carbonyl (C=O) groups excluding carboxylic acids is 1. The van der Waals surface area contributed by atoms with Crippen LogP contribution in [0.5, 0.6) is 11.5 Å². The fourth-order valence-electron chi connectivity index (χ4n) is 5.69. The van der Waals surface area contributed by atoms with Crippen LogP contribution in [-0.2, 0) is 16.6 Å². The molecule has 2 aromatic carbocycles. The molecule has 0 aliphatic carbocycles. The predicted molar refractivity (Wildman–Crippen MR) is 162 cm³/mol. The number of fused-ring (bicyclic) bond motifs is 1. The van der Waals surface area contributed by atoms with Gasteiger partial charge >= 0.3 is 0 Å². The van der Waals surface area contributed by atoms with Crippen molar-refractivity contribution in [3.05, 3.63) is 70.6 Å². The average Bonchev–Trinajstić information content (AvgIpc) is 3.65. The lowest BCUT2D eigenvalue weighted by molar-refractivity contribution is 0.0688. The molecule has 2 aliphatic heterocycles. The van der Waals surface area contributed by atoms with Crippen LogP contribution in [0.3, 0.4) is 0 Å². The van der Waals surface area contributed by atoms with Gasteiger partial charge in [-0.05, 0) is 61.2 Å². The van der Waals surface area contributed by atoms with Crippen molar-refractivity contribution in [3.8, 4) is 11.5 Å². The summed E-state index contributed by atoms with van der Waals surface area (Å²) >= 11 is 1.21. The van der Waals surface area contributed by atoms with Gasteiger partial charge in [-0.3, -0.25) is 4.79 Å². The van der Waals surface area contributed by atoms with Gasteiger partial charge in [0.2, 0.25) is 0 Å². The SMILES string of the molecule is COc1ccc([C@@H](CCCN(C)S(=O)(=O)c2cccs2)N2Cc3c(cccc3N3CCN(C)CC3)C2=O)cc1OC. The summed E-state index contributed by atoms with van der Waals surface area (Å²) in [4.78, 5) is 20.6. The van der Waals surface area contributed by atoms with E-state index in [-0.39, 0.29) is 11.9 Å². The molecule has 1 fully saturated rings. The van der Waals surface area contributed by atoms with Crippen molar-refractivity contribution in [3.63, 3.8) is 0 Å². The van der Waals surface area contributed by atoms with Gasteiger partial charge in [0.25, 0.3) is 15.9 Å². The number of hydrogen-bond acceptors (Lipinski definition) is 8. The lowest BCUT2D eigenvalue weighted by atomic mass is 9.99. The number of benzene rings is 2. The molecule has 0 saturated carbocycles. The molecule has 2 aliphatic rings. The van der Waals surface area contributed by atoms with E-state index in [0.29, 0.717) is 41.6 Å². The standard InChI is InChI=1S/C30H38N4O5S2/c1-31-15-17-33(18-16-31)26-9-5-8-23-24(26)21-34(30(23)35)25(22-12-13-27(38-3)28(20-22)39-4)10-6-14-32(2)41(36,37)29-11-7-19-40-29/h5,7-9,11-13,19-20,25H,6,10,14-18,21H2,1-4H3/t25-/m1/s1. The van der Waals surface area contributed by atoms with Crippen LogP contribution in [0.4, 0.5) is 5.69 Å². The summed E-state index contributed by atoms with van der Waals surface area (Å²) in [6.07, 6.45) is 1.16. The van der Waals surface area contributed by atoms with E-state index in [4.69, 9.17) is 9.47 Å². The van der Waals surface area contributed by atoms with Crippen molar-refractivity contribution in [2.45, 2.75) is 29.6 Å². The van der Waals surface area contributed by atoms with Gasteiger partial charge in [-0.1, -0.05) is 18.2 Å². The van der Waals surface area contributed by atoms with E-state index >= 15 is 0 Å². The van der Waals surface area contributed by atoms with Gasteiger partial charge < -0.3 is 24.2 Å². The third kappa shape index (κ3) is 5.94. The molecular weight excluding hydrogens is 560 g/mol. The van der Waals surface area contributed by atoms with Gasteiger partial charge in [0, 0.05) is 63.1 Å². The summed E-state index contributed by atoms with van der Waals surface area (Å²) in [5.41, 5.74) is 3.85. The maximum absolute atomic E-state index is 13.9. The third-order valence-electron chi connectivity index (χ3n) is 8.09. The van der Waals surface area contributed by atoms with Crippen molar-refractivity contribution in [1.29, 1.82) is 0 Å². The van der Waals surface area contributed by atoms with Gasteiger partial charge in [0.1, 0.15) is 4.21 Å². The Morgan fingerprint density at radius 2 is 1.76 bits per heavy atom. The van der Waals surface area contributed by atoms with Crippen molar-refractivity contribution in [2.24, 2.45) is 0 Å². The van der Waals surface area contributed by atoms with Crippen LogP contribution in [0.1, 0.15) is 40.4 Å². The van der Waals surface area contributed by atoms with E-state index in [1.807, 2.05) is 35.2 Å². The first-order chi connectivity index (χ1) is 19.7. The minimum absolute atomic E-state index is 0.00433. The Bertz CT molecular complexity index is 1470. The molecule has 0 bridgehead atoms. The first-order valence-corrected chi connectivity index (χ1v) is 16.1. The third-order valence-corrected chi connectivity index (χ3v) is 11.3. The topological polar surface area (TPSA) is 82.6 Å². The Labute approximate surface area is 246 Å². The molecule has 1 saturated heterocycles. The first kappa shape index (κ1) is 29.4. The number of sulfonamides is 1. The average molecular weight is 599 g/mol. The number of anilines is 1. The second-order valence-corrected chi connectivity index (χ2v) is 13.8. The Balaban J connectivity index is 1.41.